The lowest BCUT2D eigenvalue weighted by Crippen LogP contribution is -2.48. The number of hydrogen-bond donors (Lipinski definition) is 2. The van der Waals surface area contributed by atoms with E-state index < -0.39 is 18.0 Å². The summed E-state index contributed by atoms with van der Waals surface area (Å²) in [6.45, 7) is 0.0619. The minimum atomic E-state index is -0.891. The van der Waals surface area contributed by atoms with E-state index >= 15 is 0 Å². The van der Waals surface area contributed by atoms with Crippen molar-refractivity contribution in [3.63, 3.8) is 0 Å². The summed E-state index contributed by atoms with van der Waals surface area (Å²) in [4.78, 5) is 27.3. The van der Waals surface area contributed by atoms with Crippen molar-refractivity contribution in [2.24, 2.45) is 11.5 Å². The van der Waals surface area contributed by atoms with Crippen LogP contribution in [0.25, 0.3) is 0 Å². The monoisotopic (exact) mass is 429 g/mol. The highest BCUT2D eigenvalue weighted by molar-refractivity contribution is 6.14. The molecule has 3 aromatic carbocycles. The van der Waals surface area contributed by atoms with Gasteiger partial charge in [-0.2, -0.15) is 0 Å². The first kappa shape index (κ1) is 21.7. The summed E-state index contributed by atoms with van der Waals surface area (Å²) in [7, 11) is 0. The van der Waals surface area contributed by atoms with Crippen LogP contribution in [0.5, 0.6) is 0 Å². The molecular formula is C26H27N3O3. The minimum absolute atomic E-state index is 0.0619. The molecule has 0 heterocycles. The zero-order valence-electron chi connectivity index (χ0n) is 17.8. The van der Waals surface area contributed by atoms with Gasteiger partial charge in [0.25, 0.3) is 5.91 Å². The van der Waals surface area contributed by atoms with Gasteiger partial charge >= 0.3 is 6.09 Å². The maximum atomic E-state index is 13.3. The number of ether oxygens (including phenoxy) is 1. The van der Waals surface area contributed by atoms with E-state index in [1.54, 1.807) is 12.1 Å². The normalized spacial score (nSPS) is 17.9. The average Bonchev–Trinajstić information content (AvgIpc) is 3.56. The molecule has 0 aromatic heterocycles. The number of hydrogen-bond acceptors (Lipinski definition) is 5. The molecule has 1 aliphatic rings. The third kappa shape index (κ3) is 5.22. The summed E-state index contributed by atoms with van der Waals surface area (Å²) in [5, 5.41) is 0. The molecule has 0 bridgehead atoms. The predicted octanol–water partition coefficient (Wildman–Crippen LogP) is 3.74. The van der Waals surface area contributed by atoms with Gasteiger partial charge in [-0.15, -0.1) is 0 Å². The molecular weight excluding hydrogens is 402 g/mol. The molecule has 32 heavy (non-hydrogen) atoms. The van der Waals surface area contributed by atoms with Crippen molar-refractivity contribution in [2.45, 2.75) is 37.5 Å². The standard InChI is InChI=1S/C26H27N3O3/c27-23-16-22(23)20-11-13-21(14-12-20)29(26(31)32-17-19-9-5-2-6-10-19)25(30)24(28)15-18-7-3-1-4-8-18/h1-14,22-24H,15-17,27-28H2/t22?,23?,24-/m0/s1. The van der Waals surface area contributed by atoms with Gasteiger partial charge in [0.15, 0.2) is 0 Å². The Labute approximate surface area is 187 Å². The Morgan fingerprint density at radius 3 is 2.03 bits per heavy atom. The summed E-state index contributed by atoms with van der Waals surface area (Å²) in [5.41, 5.74) is 15.4. The SMILES string of the molecule is NC1CC1c1ccc(N(C(=O)OCc2ccccc2)C(=O)[C@@H](N)Cc2ccccc2)cc1. The van der Waals surface area contributed by atoms with Gasteiger partial charge in [-0.25, -0.2) is 9.69 Å². The molecule has 0 saturated heterocycles. The van der Waals surface area contributed by atoms with Gasteiger partial charge < -0.3 is 16.2 Å². The Bertz CT molecular complexity index is 1050. The Balaban J connectivity index is 1.53. The summed E-state index contributed by atoms with van der Waals surface area (Å²) in [5.74, 6) is -0.179. The fraction of sp³-hybridized carbons (Fsp3) is 0.231. The van der Waals surface area contributed by atoms with Crippen LogP contribution < -0.4 is 16.4 Å². The molecule has 1 saturated carbocycles. The molecule has 3 atom stereocenters. The molecule has 6 nitrogen and oxygen atoms in total. The number of nitrogens with two attached hydrogens (primary N) is 2. The molecule has 4 rings (SSSR count). The third-order valence-corrected chi connectivity index (χ3v) is 5.64. The van der Waals surface area contributed by atoms with Crippen molar-refractivity contribution in [1.82, 2.24) is 0 Å². The van der Waals surface area contributed by atoms with Crippen LogP contribution in [0.4, 0.5) is 10.5 Å². The number of rotatable bonds is 7. The Morgan fingerprint density at radius 1 is 0.906 bits per heavy atom. The highest BCUT2D eigenvalue weighted by atomic mass is 16.6. The van der Waals surface area contributed by atoms with E-state index in [4.69, 9.17) is 16.2 Å². The largest absolute Gasteiger partial charge is 0.444 e. The molecule has 0 spiro atoms. The second-order valence-electron chi connectivity index (χ2n) is 8.11. The van der Waals surface area contributed by atoms with Crippen molar-refractivity contribution in [3.05, 3.63) is 102 Å². The Morgan fingerprint density at radius 2 is 1.47 bits per heavy atom. The first-order chi connectivity index (χ1) is 15.5. The van der Waals surface area contributed by atoms with Crippen LogP contribution in [0.1, 0.15) is 29.0 Å². The van der Waals surface area contributed by atoms with E-state index in [-0.39, 0.29) is 12.6 Å². The van der Waals surface area contributed by atoms with E-state index in [0.29, 0.717) is 18.0 Å². The molecule has 4 N–H and O–H groups in total. The third-order valence-electron chi connectivity index (χ3n) is 5.64. The maximum Gasteiger partial charge on any atom is 0.421 e. The first-order valence-electron chi connectivity index (χ1n) is 10.7. The van der Waals surface area contributed by atoms with Crippen molar-refractivity contribution in [1.29, 1.82) is 0 Å². The zero-order chi connectivity index (χ0) is 22.5. The second-order valence-corrected chi connectivity index (χ2v) is 8.11. The van der Waals surface area contributed by atoms with E-state index in [0.717, 1.165) is 28.0 Å². The van der Waals surface area contributed by atoms with Crippen LogP contribution in [0.15, 0.2) is 84.9 Å². The Hall–Kier alpha value is -3.48. The van der Waals surface area contributed by atoms with E-state index in [9.17, 15) is 9.59 Å². The number of amides is 2. The van der Waals surface area contributed by atoms with Gasteiger partial charge in [0.1, 0.15) is 6.61 Å². The average molecular weight is 430 g/mol. The van der Waals surface area contributed by atoms with Gasteiger partial charge in [-0.05, 0) is 41.7 Å². The van der Waals surface area contributed by atoms with Crippen LogP contribution >= 0.6 is 0 Å². The molecule has 2 unspecified atom stereocenters. The summed E-state index contributed by atoms with van der Waals surface area (Å²) in [6.07, 6.45) is 0.512. The lowest BCUT2D eigenvalue weighted by Gasteiger charge is -2.24. The fourth-order valence-electron chi connectivity index (χ4n) is 3.70. The van der Waals surface area contributed by atoms with Crippen molar-refractivity contribution in [2.75, 3.05) is 4.90 Å². The molecule has 1 aliphatic carbocycles. The van der Waals surface area contributed by atoms with Gasteiger partial charge in [0, 0.05) is 12.0 Å². The van der Waals surface area contributed by atoms with E-state index in [1.165, 1.54) is 0 Å². The van der Waals surface area contributed by atoms with E-state index in [2.05, 4.69) is 0 Å². The number of anilines is 1. The topological polar surface area (TPSA) is 98.6 Å². The number of imide groups is 1. The molecule has 1 fully saturated rings. The van der Waals surface area contributed by atoms with Crippen LogP contribution in [-0.2, 0) is 22.6 Å². The van der Waals surface area contributed by atoms with Gasteiger partial charge in [0.2, 0.25) is 0 Å². The highest BCUT2D eigenvalue weighted by Gasteiger charge is 2.35. The zero-order valence-corrected chi connectivity index (χ0v) is 17.8. The molecule has 2 amide bonds. The Kier molecular flexibility index (Phi) is 6.63. The smallest absolute Gasteiger partial charge is 0.421 e. The molecule has 6 heteroatoms. The number of carbonyl (C=O) groups excluding carboxylic acids is 2. The maximum absolute atomic E-state index is 13.3. The lowest BCUT2D eigenvalue weighted by molar-refractivity contribution is -0.119. The number of benzene rings is 3. The number of carbonyl (C=O) groups is 2. The molecule has 0 radical (unpaired) electrons. The fourth-order valence-corrected chi connectivity index (χ4v) is 3.70. The minimum Gasteiger partial charge on any atom is -0.444 e. The first-order valence-corrected chi connectivity index (χ1v) is 10.7. The number of nitrogens with zero attached hydrogens (tertiary/aromatic N) is 1. The molecule has 3 aromatic rings. The van der Waals surface area contributed by atoms with Gasteiger partial charge in [-0.1, -0.05) is 72.8 Å². The van der Waals surface area contributed by atoms with Gasteiger partial charge in [0.05, 0.1) is 11.7 Å². The second kappa shape index (κ2) is 9.77. The van der Waals surface area contributed by atoms with Crippen LogP contribution in [0, 0.1) is 0 Å². The van der Waals surface area contributed by atoms with Crippen molar-refractivity contribution in [3.8, 4) is 0 Å². The summed E-state index contributed by atoms with van der Waals surface area (Å²) >= 11 is 0. The van der Waals surface area contributed by atoms with Crippen LogP contribution in [0.2, 0.25) is 0 Å². The van der Waals surface area contributed by atoms with Gasteiger partial charge in [-0.3, -0.25) is 4.79 Å². The molecule has 0 aliphatic heterocycles. The van der Waals surface area contributed by atoms with Crippen molar-refractivity contribution < 1.29 is 14.3 Å². The van der Waals surface area contributed by atoms with Crippen LogP contribution in [-0.4, -0.2) is 24.1 Å². The predicted molar refractivity (Wildman–Crippen MR) is 124 cm³/mol. The van der Waals surface area contributed by atoms with Crippen LogP contribution in [0.3, 0.4) is 0 Å². The van der Waals surface area contributed by atoms with E-state index in [1.807, 2.05) is 72.8 Å². The highest BCUT2D eigenvalue weighted by Crippen LogP contribution is 2.39. The summed E-state index contributed by atoms with van der Waals surface area (Å²) < 4.78 is 5.46. The summed E-state index contributed by atoms with van der Waals surface area (Å²) in [6, 6.07) is 25.4. The molecule has 164 valence electrons. The lowest BCUT2D eigenvalue weighted by atomic mass is 10.0. The quantitative estimate of drug-likeness (QED) is 0.596. The van der Waals surface area contributed by atoms with Crippen molar-refractivity contribution >= 4 is 17.7 Å².